The first kappa shape index (κ1) is 25.1. The molecule has 6 nitrogen and oxygen atoms in total. The highest BCUT2D eigenvalue weighted by Crippen LogP contribution is 2.23. The Labute approximate surface area is 221 Å². The molecule has 5 aromatic rings. The summed E-state index contributed by atoms with van der Waals surface area (Å²) in [7, 11) is 0. The normalized spacial score (nSPS) is 11.8. The lowest BCUT2D eigenvalue weighted by molar-refractivity contribution is 0.0910. The number of H-pyrrole nitrogens is 1. The van der Waals surface area contributed by atoms with Gasteiger partial charge in [-0.15, -0.1) is 0 Å². The number of fused-ring (bicyclic) bond motifs is 2. The second-order valence-corrected chi connectivity index (χ2v) is 9.45. The number of benzene rings is 3. The van der Waals surface area contributed by atoms with Crippen LogP contribution < -0.4 is 10.1 Å². The van der Waals surface area contributed by atoms with E-state index >= 15 is 0 Å². The summed E-state index contributed by atoms with van der Waals surface area (Å²) in [5.74, 6) is 6.52. The monoisotopic (exact) mass is 503 g/mol. The van der Waals surface area contributed by atoms with Crippen molar-refractivity contribution in [1.29, 1.82) is 0 Å². The average Bonchev–Trinajstić information content (AvgIpc) is 3.34. The van der Waals surface area contributed by atoms with Crippen LogP contribution in [0.15, 0.2) is 85.3 Å². The molecule has 3 N–H and O–H groups in total. The molecule has 1 atom stereocenters. The SMILES string of the molecule is CC(C)Oc1ccc(C#Cc2cncc3ccccc23)cc1C(=O)NC(CO)Cc1c[nH]c2ccccc12. The van der Waals surface area contributed by atoms with E-state index in [9.17, 15) is 9.90 Å². The Bertz CT molecular complexity index is 1650. The number of pyridine rings is 1. The average molecular weight is 504 g/mol. The first-order valence-electron chi connectivity index (χ1n) is 12.6. The number of nitrogens with zero attached hydrogens (tertiary/aromatic N) is 1. The minimum atomic E-state index is -0.467. The molecule has 0 fully saturated rings. The van der Waals surface area contributed by atoms with E-state index < -0.39 is 6.04 Å². The number of carbonyl (C=O) groups excluding carboxylic acids is 1. The van der Waals surface area contributed by atoms with E-state index in [2.05, 4.69) is 27.1 Å². The maximum atomic E-state index is 13.4. The fourth-order valence-electron chi connectivity index (χ4n) is 4.49. The maximum absolute atomic E-state index is 13.4. The number of aliphatic hydroxyl groups is 1. The molecule has 38 heavy (non-hydrogen) atoms. The summed E-state index contributed by atoms with van der Waals surface area (Å²) in [4.78, 5) is 21.0. The number of carbonyl (C=O) groups is 1. The Hall–Kier alpha value is -4.60. The zero-order valence-electron chi connectivity index (χ0n) is 21.4. The first-order valence-corrected chi connectivity index (χ1v) is 12.6. The van der Waals surface area contributed by atoms with Crippen LogP contribution in [0.3, 0.4) is 0 Å². The number of para-hydroxylation sites is 1. The molecular weight excluding hydrogens is 474 g/mol. The van der Waals surface area contributed by atoms with Crippen LogP contribution >= 0.6 is 0 Å². The quantitative estimate of drug-likeness (QED) is 0.265. The number of aromatic nitrogens is 2. The number of amides is 1. The van der Waals surface area contributed by atoms with Crippen molar-refractivity contribution in [3.63, 3.8) is 0 Å². The summed E-state index contributed by atoms with van der Waals surface area (Å²) in [5, 5.41) is 16.2. The Kier molecular flexibility index (Phi) is 7.39. The van der Waals surface area contributed by atoms with Crippen molar-refractivity contribution in [3.8, 4) is 17.6 Å². The molecule has 0 radical (unpaired) electrons. The van der Waals surface area contributed by atoms with Gasteiger partial charge >= 0.3 is 0 Å². The van der Waals surface area contributed by atoms with Gasteiger partial charge < -0.3 is 20.1 Å². The van der Waals surface area contributed by atoms with E-state index in [0.717, 1.165) is 32.8 Å². The van der Waals surface area contributed by atoms with Crippen LogP contribution in [-0.4, -0.2) is 39.7 Å². The molecular formula is C32H29N3O3. The number of hydrogen-bond acceptors (Lipinski definition) is 4. The van der Waals surface area contributed by atoms with Gasteiger partial charge in [-0.05, 0) is 50.1 Å². The van der Waals surface area contributed by atoms with Gasteiger partial charge in [-0.25, -0.2) is 0 Å². The molecule has 0 aliphatic heterocycles. The molecule has 0 bridgehead atoms. The molecule has 1 amide bonds. The number of rotatable bonds is 7. The summed E-state index contributed by atoms with van der Waals surface area (Å²) < 4.78 is 5.93. The topological polar surface area (TPSA) is 87.2 Å². The Morgan fingerprint density at radius 2 is 1.82 bits per heavy atom. The van der Waals surface area contributed by atoms with E-state index in [1.807, 2.05) is 80.8 Å². The van der Waals surface area contributed by atoms with Crippen LogP contribution in [0.25, 0.3) is 21.7 Å². The molecule has 0 aliphatic rings. The van der Waals surface area contributed by atoms with Crippen molar-refractivity contribution in [3.05, 3.63) is 108 Å². The number of aliphatic hydroxyl groups excluding tert-OH is 1. The van der Waals surface area contributed by atoms with Gasteiger partial charge in [0.2, 0.25) is 0 Å². The molecule has 5 rings (SSSR count). The minimum absolute atomic E-state index is 0.111. The lowest BCUT2D eigenvalue weighted by atomic mass is 10.0. The van der Waals surface area contributed by atoms with Gasteiger partial charge in [-0.3, -0.25) is 9.78 Å². The minimum Gasteiger partial charge on any atom is -0.490 e. The highest BCUT2D eigenvalue weighted by atomic mass is 16.5. The third-order valence-corrected chi connectivity index (χ3v) is 6.29. The lowest BCUT2D eigenvalue weighted by Crippen LogP contribution is -2.39. The zero-order chi connectivity index (χ0) is 26.5. The summed E-state index contributed by atoms with van der Waals surface area (Å²) >= 11 is 0. The first-order chi connectivity index (χ1) is 18.5. The predicted octanol–water partition coefficient (Wildman–Crippen LogP) is 5.24. The fraction of sp³-hybridized carbons (Fsp3) is 0.188. The smallest absolute Gasteiger partial charge is 0.255 e. The second-order valence-electron chi connectivity index (χ2n) is 9.45. The number of aromatic amines is 1. The van der Waals surface area contributed by atoms with E-state index in [1.54, 1.807) is 18.3 Å². The van der Waals surface area contributed by atoms with Gasteiger partial charge in [0, 0.05) is 45.8 Å². The van der Waals surface area contributed by atoms with Gasteiger partial charge in [0.1, 0.15) is 5.75 Å². The lowest BCUT2D eigenvalue weighted by Gasteiger charge is -2.19. The van der Waals surface area contributed by atoms with Crippen molar-refractivity contribution in [1.82, 2.24) is 15.3 Å². The maximum Gasteiger partial charge on any atom is 0.255 e. The Morgan fingerprint density at radius 3 is 2.63 bits per heavy atom. The molecule has 1 unspecified atom stereocenters. The van der Waals surface area contributed by atoms with Crippen LogP contribution in [0.2, 0.25) is 0 Å². The van der Waals surface area contributed by atoms with E-state index in [-0.39, 0.29) is 18.6 Å². The van der Waals surface area contributed by atoms with Gasteiger partial charge in [0.15, 0.2) is 0 Å². The van der Waals surface area contributed by atoms with Crippen molar-refractivity contribution in [2.75, 3.05) is 6.61 Å². The van der Waals surface area contributed by atoms with Gasteiger partial charge in [0.25, 0.3) is 5.91 Å². The summed E-state index contributed by atoms with van der Waals surface area (Å²) in [5.41, 5.74) is 3.92. The van der Waals surface area contributed by atoms with Crippen molar-refractivity contribution in [2.45, 2.75) is 32.4 Å². The molecule has 0 saturated carbocycles. The number of hydrogen-bond donors (Lipinski definition) is 3. The predicted molar refractivity (Wildman–Crippen MR) is 150 cm³/mol. The van der Waals surface area contributed by atoms with Gasteiger partial charge in [0.05, 0.1) is 29.9 Å². The van der Waals surface area contributed by atoms with Crippen molar-refractivity contribution in [2.24, 2.45) is 0 Å². The standard InChI is InChI=1S/C32H29N3O3/c1-21(2)38-31-14-12-22(11-13-24-18-33-17-23-7-3-4-8-27(23)24)15-29(31)32(37)35-26(20-36)16-25-19-34-30-10-6-5-9-28(25)30/h3-10,12,14-15,17-19,21,26,34,36H,16,20H2,1-2H3,(H,35,37). The molecule has 0 aliphatic carbocycles. The molecule has 6 heteroatoms. The van der Waals surface area contributed by atoms with Gasteiger partial charge in [-0.2, -0.15) is 0 Å². The van der Waals surface area contributed by atoms with Crippen LogP contribution in [0.5, 0.6) is 5.75 Å². The Balaban J connectivity index is 1.42. The summed E-state index contributed by atoms with van der Waals surface area (Å²) in [6, 6.07) is 20.8. The largest absolute Gasteiger partial charge is 0.490 e. The van der Waals surface area contributed by atoms with Gasteiger partial charge in [-0.1, -0.05) is 54.3 Å². The van der Waals surface area contributed by atoms with Crippen molar-refractivity contribution >= 4 is 27.6 Å². The third kappa shape index (κ3) is 5.54. The molecule has 2 heterocycles. The highest BCUT2D eigenvalue weighted by Gasteiger charge is 2.19. The fourth-order valence-corrected chi connectivity index (χ4v) is 4.49. The number of nitrogens with one attached hydrogen (secondary N) is 2. The summed E-state index contributed by atoms with van der Waals surface area (Å²) in [6.45, 7) is 3.63. The summed E-state index contributed by atoms with van der Waals surface area (Å²) in [6.07, 6.45) is 5.86. The van der Waals surface area contributed by atoms with Crippen molar-refractivity contribution < 1.29 is 14.6 Å². The second kappa shape index (κ2) is 11.2. The Morgan fingerprint density at radius 1 is 1.03 bits per heavy atom. The highest BCUT2D eigenvalue weighted by molar-refractivity contribution is 5.97. The van der Waals surface area contributed by atoms with Crippen LogP contribution in [-0.2, 0) is 6.42 Å². The zero-order valence-corrected chi connectivity index (χ0v) is 21.4. The molecule has 3 aromatic carbocycles. The van der Waals surface area contributed by atoms with E-state index in [4.69, 9.17) is 4.74 Å². The molecule has 190 valence electrons. The van der Waals surface area contributed by atoms with E-state index in [1.165, 1.54) is 0 Å². The van der Waals surface area contributed by atoms with Crippen LogP contribution in [0, 0.1) is 11.8 Å². The van der Waals surface area contributed by atoms with E-state index in [0.29, 0.717) is 23.3 Å². The van der Waals surface area contributed by atoms with Crippen LogP contribution in [0.1, 0.15) is 40.9 Å². The molecule has 0 spiro atoms. The third-order valence-electron chi connectivity index (χ3n) is 6.29. The number of ether oxygens (including phenoxy) is 1. The molecule has 0 saturated heterocycles. The molecule has 2 aromatic heterocycles. The van der Waals surface area contributed by atoms with Crippen LogP contribution in [0.4, 0.5) is 0 Å².